The van der Waals surface area contributed by atoms with E-state index in [0.29, 0.717) is 64.1 Å². The molecule has 7 nitrogen and oxygen atoms in total. The lowest BCUT2D eigenvalue weighted by molar-refractivity contribution is -0.403. The second-order valence-electron chi connectivity index (χ2n) is 28.8. The van der Waals surface area contributed by atoms with Crippen LogP contribution in [0, 0.1) is 55.2 Å². The Bertz CT molecular complexity index is 2180. The molecule has 482 valence electrons. The lowest BCUT2D eigenvalue weighted by Gasteiger charge is -2.59. The average Bonchev–Trinajstić information content (AvgIpc) is 1.75. The van der Waals surface area contributed by atoms with E-state index in [1.807, 2.05) is 13.8 Å². The maximum absolute atomic E-state index is 15.0. The zero-order chi connectivity index (χ0) is 62.0. The van der Waals surface area contributed by atoms with Crippen LogP contribution < -0.4 is 0 Å². The van der Waals surface area contributed by atoms with E-state index in [1.165, 1.54) is 38.3 Å². The molecule has 0 aromatic carbocycles. The molecular weight excluding hydrogens is 1110 g/mol. The van der Waals surface area contributed by atoms with Gasteiger partial charge in [0, 0.05) is 41.5 Å². The van der Waals surface area contributed by atoms with Crippen LogP contribution in [0.15, 0.2) is 25.3 Å². The quantitative estimate of drug-likeness (QED) is 0.0501. The zero-order valence-corrected chi connectivity index (χ0v) is 51.4. The molecule has 0 radical (unpaired) electrons. The molecule has 9 atom stereocenters. The van der Waals surface area contributed by atoms with Gasteiger partial charge in [-0.05, 0) is 215 Å². The van der Waals surface area contributed by atoms with Gasteiger partial charge in [-0.15, -0.1) is 13.2 Å². The first-order chi connectivity index (χ1) is 38.2. The molecule has 19 heteroatoms. The molecule has 9 rings (SSSR count). The van der Waals surface area contributed by atoms with Crippen LogP contribution in [0.25, 0.3) is 0 Å². The number of ether oxygens (including phenoxy) is 6. The molecule has 1 N–H and O–H groups in total. The van der Waals surface area contributed by atoms with Crippen LogP contribution in [0.2, 0.25) is 0 Å². The smallest absolute Gasteiger partial charge is 0.373 e. The lowest BCUT2D eigenvalue weighted by atomic mass is 9.48. The number of aliphatic hydroxyl groups is 1. The molecular formula is C64H100F12O7. The molecule has 83 heavy (non-hydrogen) atoms. The SMILES string of the molecule is C=CC12CCC(C(O)(C(F)(F)F)C(F)(F)F)(CC1)C2.C=CC12CCC(CC1)C2(OC(C)OCCCC)C(F)(F)F.CCCOC(C)OC(C)(C(F)(F)F)C12CCC(C(C)(C)CC(C)(CC)C34CCC(CC3(C)OC3CCCCO3)C4)(CC1)C2. The van der Waals surface area contributed by atoms with E-state index in [-0.39, 0.29) is 65.7 Å². The van der Waals surface area contributed by atoms with Gasteiger partial charge >= 0.3 is 24.7 Å². The fourth-order valence-electron chi connectivity index (χ4n) is 19.6. The molecule has 0 aromatic rings. The predicted molar refractivity (Wildman–Crippen MR) is 293 cm³/mol. The molecule has 0 amide bonds. The van der Waals surface area contributed by atoms with Crippen molar-refractivity contribution >= 4 is 0 Å². The van der Waals surface area contributed by atoms with Crippen molar-refractivity contribution in [3.63, 3.8) is 0 Å². The minimum Gasteiger partial charge on any atom is -0.373 e. The zero-order valence-electron chi connectivity index (χ0n) is 51.4. The Balaban J connectivity index is 0.000000205. The van der Waals surface area contributed by atoms with E-state index in [4.69, 9.17) is 28.4 Å². The number of rotatable bonds is 22. The fourth-order valence-corrected chi connectivity index (χ4v) is 19.6. The van der Waals surface area contributed by atoms with E-state index in [9.17, 15) is 44.6 Å². The standard InChI is InChI=1S/C36H61F3O4.C16H25F3O2.C12H14F6O/c1-9-20-40-26(3)42-32(8,36(37,38)39)34-18-16-33(25-34,17-19-34)29(4,5)24-30(6,10-2)35-15-14-27(23-35)22-31(35,7)43-28-13-11-12-21-41-28;1-4-6-11-20-12(3)21-15(16(17,18)19)13-7-9-14(15,5-2)10-8-13;1-2-8-3-5-9(7-8,6-4-8)10(19,11(13,14)15)12(16,17)18/h26-28H,9-25H2,1-8H3;5,12-13H,2,4,6-11H2,1,3H3;2,19H,1,3-7H2. The van der Waals surface area contributed by atoms with E-state index in [0.717, 1.165) is 77.2 Å². The van der Waals surface area contributed by atoms with Crippen molar-refractivity contribution in [3.05, 3.63) is 25.3 Å². The van der Waals surface area contributed by atoms with Gasteiger partial charge < -0.3 is 33.5 Å². The van der Waals surface area contributed by atoms with Crippen molar-refractivity contribution in [1.29, 1.82) is 0 Å². The fraction of sp³-hybridized carbons (Fsp3) is 0.938. The first-order valence-electron chi connectivity index (χ1n) is 31.4. The van der Waals surface area contributed by atoms with Crippen molar-refractivity contribution in [2.45, 2.75) is 302 Å². The molecule has 9 unspecified atom stereocenters. The third kappa shape index (κ3) is 11.3. The van der Waals surface area contributed by atoms with Crippen molar-refractivity contribution < 1.29 is 86.2 Å². The number of allylic oxidation sites excluding steroid dienone is 1. The summed E-state index contributed by atoms with van der Waals surface area (Å²) in [6.07, 6.45) is -1.75. The average molecular weight is 1210 g/mol. The molecule has 8 saturated carbocycles. The number of hydrogen-bond acceptors (Lipinski definition) is 7. The summed E-state index contributed by atoms with van der Waals surface area (Å²) in [4.78, 5) is 0. The highest BCUT2D eigenvalue weighted by molar-refractivity contribution is 5.25. The molecule has 0 aromatic heterocycles. The van der Waals surface area contributed by atoms with Crippen LogP contribution in [0.5, 0.6) is 0 Å². The molecule has 1 heterocycles. The monoisotopic (exact) mass is 1210 g/mol. The topological polar surface area (TPSA) is 75.6 Å². The number of fused-ring (bicyclic) bond motifs is 8. The summed E-state index contributed by atoms with van der Waals surface area (Å²) in [5.41, 5.74) is -14.2. The van der Waals surface area contributed by atoms with E-state index < -0.39 is 81.7 Å². The first kappa shape index (κ1) is 68.8. The lowest BCUT2D eigenvalue weighted by Crippen LogP contribution is -2.66. The van der Waals surface area contributed by atoms with Gasteiger partial charge in [0.05, 0.1) is 5.60 Å². The molecule has 8 aliphatic carbocycles. The summed E-state index contributed by atoms with van der Waals surface area (Å²) >= 11 is 0. The largest absolute Gasteiger partial charge is 0.426 e. The Hall–Kier alpha value is -1.64. The Kier molecular flexibility index (Phi) is 19.6. The third-order valence-corrected chi connectivity index (χ3v) is 24.5. The molecule has 1 aliphatic heterocycles. The van der Waals surface area contributed by atoms with Gasteiger partial charge in [0.1, 0.15) is 0 Å². The maximum atomic E-state index is 15.0. The molecule has 8 bridgehead atoms. The van der Waals surface area contributed by atoms with E-state index in [2.05, 4.69) is 47.8 Å². The number of hydrogen-bond donors (Lipinski definition) is 1. The highest BCUT2D eigenvalue weighted by atomic mass is 19.4. The van der Waals surface area contributed by atoms with Gasteiger partial charge in [0.25, 0.3) is 5.60 Å². The van der Waals surface area contributed by atoms with Crippen LogP contribution in [-0.4, -0.2) is 90.9 Å². The van der Waals surface area contributed by atoms with Crippen LogP contribution in [0.1, 0.15) is 236 Å². The van der Waals surface area contributed by atoms with Crippen molar-refractivity contribution in [2.24, 2.45) is 55.2 Å². The minimum atomic E-state index is -5.73. The maximum Gasteiger partial charge on any atom is 0.426 e. The molecule has 9 fully saturated rings. The van der Waals surface area contributed by atoms with Crippen molar-refractivity contribution in [2.75, 3.05) is 19.8 Å². The number of alkyl halides is 12. The first-order valence-corrected chi connectivity index (χ1v) is 31.4. The van der Waals surface area contributed by atoms with Crippen LogP contribution >= 0.6 is 0 Å². The highest BCUT2D eigenvalue weighted by Crippen LogP contribution is 2.78. The molecule has 9 aliphatic rings. The van der Waals surface area contributed by atoms with E-state index >= 15 is 13.2 Å². The van der Waals surface area contributed by atoms with Crippen LogP contribution in [0.4, 0.5) is 52.7 Å². The second kappa shape index (κ2) is 23.6. The van der Waals surface area contributed by atoms with Crippen molar-refractivity contribution in [1.82, 2.24) is 0 Å². The van der Waals surface area contributed by atoms with Gasteiger partial charge in [-0.25, -0.2) is 0 Å². The Morgan fingerprint density at radius 1 is 0.639 bits per heavy atom. The van der Waals surface area contributed by atoms with Gasteiger partial charge in [-0.2, -0.15) is 52.7 Å². The summed E-state index contributed by atoms with van der Waals surface area (Å²) in [6, 6.07) is 0. The summed E-state index contributed by atoms with van der Waals surface area (Å²) < 4.78 is 200. The summed E-state index contributed by atoms with van der Waals surface area (Å²) in [6.45, 7) is 29.2. The normalized spacial score (nSPS) is 39.0. The second-order valence-corrected chi connectivity index (χ2v) is 28.8. The Morgan fingerprint density at radius 2 is 1.22 bits per heavy atom. The third-order valence-electron chi connectivity index (χ3n) is 24.5. The predicted octanol–water partition coefficient (Wildman–Crippen LogP) is 19.2. The van der Waals surface area contributed by atoms with Crippen molar-refractivity contribution in [3.8, 4) is 0 Å². The minimum absolute atomic E-state index is 0.0140. The van der Waals surface area contributed by atoms with Gasteiger partial charge in [0.2, 0.25) is 0 Å². The van der Waals surface area contributed by atoms with Gasteiger partial charge in [0.15, 0.2) is 30.1 Å². The molecule has 0 spiro atoms. The van der Waals surface area contributed by atoms with Gasteiger partial charge in [-0.1, -0.05) is 66.5 Å². The summed E-state index contributed by atoms with van der Waals surface area (Å²) in [5, 5.41) is 9.59. The van der Waals surface area contributed by atoms with Crippen LogP contribution in [0.3, 0.4) is 0 Å². The van der Waals surface area contributed by atoms with Crippen LogP contribution in [-0.2, 0) is 28.4 Å². The summed E-state index contributed by atoms with van der Waals surface area (Å²) in [5.74, 6) is 0.209. The summed E-state index contributed by atoms with van der Waals surface area (Å²) in [7, 11) is 0. The van der Waals surface area contributed by atoms with Gasteiger partial charge in [-0.3, -0.25) is 0 Å². The van der Waals surface area contributed by atoms with E-state index in [1.54, 1.807) is 13.8 Å². The number of unbranched alkanes of at least 4 members (excludes halogenated alkanes) is 1. The Labute approximate surface area is 487 Å². The molecule has 1 saturated heterocycles. The number of halogens is 12. The highest BCUT2D eigenvalue weighted by Gasteiger charge is 2.82. The Morgan fingerprint density at radius 3 is 1.69 bits per heavy atom.